The standard InChI is InChI=1S/C21H28ClFNO3P/c1-13(2)15-9-7-10-16(14(3)4)20(15)24-21(28(25,26-5)27-6)19-17(22)11-8-12-18(19)23/h7-14,21,24H,1-6H3. The Bertz CT molecular complexity index is 818. The second-order valence-corrected chi connectivity index (χ2v) is 9.94. The van der Waals surface area contributed by atoms with Crippen LogP contribution in [0.1, 0.15) is 62.0 Å². The summed E-state index contributed by atoms with van der Waals surface area (Å²) in [6.45, 7) is 8.29. The average Bonchev–Trinajstić information content (AvgIpc) is 2.66. The number of rotatable bonds is 8. The normalized spacial score (nSPS) is 13.2. The molecule has 7 heteroatoms. The molecule has 0 heterocycles. The number of hydrogen-bond donors (Lipinski definition) is 1. The average molecular weight is 428 g/mol. The van der Waals surface area contributed by atoms with Gasteiger partial charge >= 0.3 is 7.60 Å². The minimum absolute atomic E-state index is 0.0597. The smallest absolute Gasteiger partial charge is 0.356 e. The monoisotopic (exact) mass is 427 g/mol. The molecular weight excluding hydrogens is 400 g/mol. The highest BCUT2D eigenvalue weighted by molar-refractivity contribution is 7.54. The lowest BCUT2D eigenvalue weighted by atomic mass is 9.92. The summed E-state index contributed by atoms with van der Waals surface area (Å²) in [6, 6.07) is 10.3. The van der Waals surface area contributed by atoms with Crippen molar-refractivity contribution in [3.63, 3.8) is 0 Å². The van der Waals surface area contributed by atoms with Crippen molar-refractivity contribution < 1.29 is 18.0 Å². The minimum Gasteiger partial charge on any atom is -0.367 e. The van der Waals surface area contributed by atoms with E-state index in [-0.39, 0.29) is 22.4 Å². The molecule has 1 atom stereocenters. The van der Waals surface area contributed by atoms with Crippen molar-refractivity contribution in [3.05, 3.63) is 63.9 Å². The van der Waals surface area contributed by atoms with E-state index in [1.165, 1.54) is 26.4 Å². The van der Waals surface area contributed by atoms with E-state index in [9.17, 15) is 8.96 Å². The van der Waals surface area contributed by atoms with Gasteiger partial charge in [-0.05, 0) is 35.1 Å². The molecule has 0 saturated heterocycles. The molecule has 0 saturated carbocycles. The molecule has 1 unspecified atom stereocenters. The molecule has 1 N–H and O–H groups in total. The fraction of sp³-hybridized carbons (Fsp3) is 0.429. The minimum atomic E-state index is -3.77. The van der Waals surface area contributed by atoms with E-state index >= 15 is 0 Å². The largest absolute Gasteiger partial charge is 0.367 e. The van der Waals surface area contributed by atoms with Crippen molar-refractivity contribution in [2.75, 3.05) is 19.5 Å². The third-order valence-electron chi connectivity index (χ3n) is 4.75. The third-order valence-corrected chi connectivity index (χ3v) is 7.12. The van der Waals surface area contributed by atoms with Gasteiger partial charge in [0.05, 0.1) is 0 Å². The molecule has 2 rings (SSSR count). The Morgan fingerprint density at radius 3 is 1.89 bits per heavy atom. The molecule has 0 amide bonds. The fourth-order valence-corrected chi connectivity index (χ4v) is 5.01. The molecule has 2 aromatic carbocycles. The van der Waals surface area contributed by atoms with Crippen molar-refractivity contribution in [1.82, 2.24) is 0 Å². The first-order valence-electron chi connectivity index (χ1n) is 9.20. The van der Waals surface area contributed by atoms with E-state index in [4.69, 9.17) is 20.6 Å². The van der Waals surface area contributed by atoms with Crippen LogP contribution in [-0.2, 0) is 13.6 Å². The molecule has 0 aliphatic heterocycles. The van der Waals surface area contributed by atoms with Crippen molar-refractivity contribution in [3.8, 4) is 0 Å². The first-order valence-corrected chi connectivity index (χ1v) is 11.2. The highest BCUT2D eigenvalue weighted by Gasteiger charge is 2.39. The van der Waals surface area contributed by atoms with Gasteiger partial charge in [-0.15, -0.1) is 0 Å². The summed E-state index contributed by atoms with van der Waals surface area (Å²) in [7, 11) is -1.20. The molecule has 0 fully saturated rings. The van der Waals surface area contributed by atoms with Gasteiger partial charge in [0.25, 0.3) is 0 Å². The van der Waals surface area contributed by atoms with Gasteiger partial charge in [0.2, 0.25) is 0 Å². The Hall–Kier alpha value is -1.39. The van der Waals surface area contributed by atoms with Gasteiger partial charge in [0, 0.05) is 30.5 Å². The van der Waals surface area contributed by atoms with Crippen LogP contribution in [-0.4, -0.2) is 14.2 Å². The Morgan fingerprint density at radius 1 is 0.964 bits per heavy atom. The first-order chi connectivity index (χ1) is 13.2. The van der Waals surface area contributed by atoms with Crippen molar-refractivity contribution >= 4 is 24.9 Å². The van der Waals surface area contributed by atoms with Gasteiger partial charge in [0.15, 0.2) is 5.78 Å². The highest BCUT2D eigenvalue weighted by atomic mass is 35.5. The Balaban J connectivity index is 2.74. The third kappa shape index (κ3) is 4.60. The molecule has 4 nitrogen and oxygen atoms in total. The number of nitrogens with one attached hydrogen (secondary N) is 1. The van der Waals surface area contributed by atoms with Crippen molar-refractivity contribution in [2.45, 2.75) is 45.3 Å². The van der Waals surface area contributed by atoms with Crippen molar-refractivity contribution in [1.29, 1.82) is 0 Å². The van der Waals surface area contributed by atoms with E-state index in [1.54, 1.807) is 6.07 Å². The fourth-order valence-electron chi connectivity index (χ4n) is 3.22. The van der Waals surface area contributed by atoms with Crippen LogP contribution in [0.15, 0.2) is 36.4 Å². The van der Waals surface area contributed by atoms with Crippen LogP contribution in [0.3, 0.4) is 0 Å². The van der Waals surface area contributed by atoms with E-state index in [0.717, 1.165) is 16.8 Å². The summed E-state index contributed by atoms with van der Waals surface area (Å²) in [6.07, 6.45) is 0. The topological polar surface area (TPSA) is 47.6 Å². The van der Waals surface area contributed by atoms with Gasteiger partial charge in [0.1, 0.15) is 5.82 Å². The second-order valence-electron chi connectivity index (χ2n) is 7.21. The maximum atomic E-state index is 14.8. The lowest BCUT2D eigenvalue weighted by Crippen LogP contribution is -2.18. The SMILES string of the molecule is COP(=O)(OC)C(Nc1c(C(C)C)cccc1C(C)C)c1c(F)cccc1Cl. The quantitative estimate of drug-likeness (QED) is 0.448. The molecule has 0 aliphatic rings. The Morgan fingerprint density at radius 2 is 1.46 bits per heavy atom. The Labute approximate surface area is 171 Å². The number of hydrogen-bond acceptors (Lipinski definition) is 4. The summed E-state index contributed by atoms with van der Waals surface area (Å²) in [5.74, 6) is -1.29. The molecule has 0 bridgehead atoms. The van der Waals surface area contributed by atoms with E-state index in [0.29, 0.717) is 0 Å². The van der Waals surface area contributed by atoms with Gasteiger partial charge in [-0.2, -0.15) is 0 Å². The Kier molecular flexibility index (Phi) is 7.69. The second kappa shape index (κ2) is 9.41. The van der Waals surface area contributed by atoms with Crippen LogP contribution in [0, 0.1) is 5.82 Å². The summed E-state index contributed by atoms with van der Waals surface area (Å²) in [4.78, 5) is 0. The zero-order chi connectivity index (χ0) is 21.1. The van der Waals surface area contributed by atoms with Crippen LogP contribution in [0.4, 0.5) is 10.1 Å². The highest BCUT2D eigenvalue weighted by Crippen LogP contribution is 2.61. The van der Waals surface area contributed by atoms with Gasteiger partial charge in [-0.25, -0.2) is 4.39 Å². The summed E-state index contributed by atoms with van der Waals surface area (Å²) < 4.78 is 38.6. The van der Waals surface area contributed by atoms with Crippen LogP contribution in [0.25, 0.3) is 0 Å². The summed E-state index contributed by atoms with van der Waals surface area (Å²) in [5, 5.41) is 3.43. The molecular formula is C21H28ClFNO3P. The predicted octanol–water partition coefficient (Wildman–Crippen LogP) is 7.32. The van der Waals surface area contributed by atoms with E-state index in [1.807, 2.05) is 18.2 Å². The zero-order valence-corrected chi connectivity index (χ0v) is 18.8. The predicted molar refractivity (Wildman–Crippen MR) is 114 cm³/mol. The first kappa shape index (κ1) is 22.9. The lowest BCUT2D eigenvalue weighted by molar-refractivity contribution is 0.268. The maximum Gasteiger partial charge on any atom is 0.356 e. The molecule has 0 aromatic heterocycles. The van der Waals surface area contributed by atoms with Gasteiger partial charge < -0.3 is 14.4 Å². The van der Waals surface area contributed by atoms with E-state index < -0.39 is 19.2 Å². The number of benzene rings is 2. The molecule has 0 aliphatic carbocycles. The van der Waals surface area contributed by atoms with E-state index in [2.05, 4.69) is 33.0 Å². The van der Waals surface area contributed by atoms with Crippen LogP contribution in [0.2, 0.25) is 5.02 Å². The van der Waals surface area contributed by atoms with Crippen LogP contribution < -0.4 is 5.32 Å². The lowest BCUT2D eigenvalue weighted by Gasteiger charge is -2.30. The van der Waals surface area contributed by atoms with Crippen LogP contribution in [0.5, 0.6) is 0 Å². The number of halogens is 2. The zero-order valence-electron chi connectivity index (χ0n) is 17.1. The van der Waals surface area contributed by atoms with Gasteiger partial charge in [-0.1, -0.05) is 63.6 Å². The van der Waals surface area contributed by atoms with Crippen molar-refractivity contribution in [2.24, 2.45) is 0 Å². The molecule has 28 heavy (non-hydrogen) atoms. The number of para-hydroxylation sites is 1. The van der Waals surface area contributed by atoms with Gasteiger partial charge in [-0.3, -0.25) is 4.57 Å². The van der Waals surface area contributed by atoms with Crippen LogP contribution >= 0.6 is 19.2 Å². The number of anilines is 1. The molecule has 0 spiro atoms. The summed E-state index contributed by atoms with van der Waals surface area (Å²) in [5.41, 5.74) is 2.92. The maximum absolute atomic E-state index is 14.8. The molecule has 2 aromatic rings. The molecule has 154 valence electrons. The molecule has 0 radical (unpaired) electrons. The summed E-state index contributed by atoms with van der Waals surface area (Å²) >= 11 is 6.30.